The first kappa shape index (κ1) is 13.6. The molecule has 0 aliphatic carbocycles. The molecule has 0 spiro atoms. The molecule has 2 rings (SSSR count). The van der Waals surface area contributed by atoms with Crippen LogP contribution in [-0.2, 0) is 0 Å². The summed E-state index contributed by atoms with van der Waals surface area (Å²) in [6, 6.07) is 17.0. The Bertz CT molecular complexity index is 584. The van der Waals surface area contributed by atoms with E-state index in [0.717, 1.165) is 18.4 Å². The van der Waals surface area contributed by atoms with E-state index in [0.29, 0.717) is 6.71 Å². The third-order valence-electron chi connectivity index (χ3n) is 3.29. The summed E-state index contributed by atoms with van der Waals surface area (Å²) < 4.78 is 0. The van der Waals surface area contributed by atoms with Crippen LogP contribution in [0.15, 0.2) is 48.5 Å². The summed E-state index contributed by atoms with van der Waals surface area (Å²) in [6.07, 6.45) is 0. The summed E-state index contributed by atoms with van der Waals surface area (Å²) in [5, 5.41) is 0. The third kappa shape index (κ3) is 3.80. The van der Waals surface area contributed by atoms with E-state index in [2.05, 4.69) is 80.8 Å². The minimum atomic E-state index is 0.573. The first-order chi connectivity index (χ1) is 9.19. The van der Waals surface area contributed by atoms with Gasteiger partial charge in [0.1, 0.15) is 0 Å². The van der Waals surface area contributed by atoms with Gasteiger partial charge in [0.05, 0.1) is 0 Å². The van der Waals surface area contributed by atoms with E-state index in [9.17, 15) is 0 Å². The molecule has 0 unspecified atom stereocenters. The van der Waals surface area contributed by atoms with Gasteiger partial charge >= 0.3 is 0 Å². The van der Waals surface area contributed by atoms with Gasteiger partial charge in [-0.3, -0.25) is 0 Å². The number of hydrogen-bond acceptors (Lipinski definition) is 0. The van der Waals surface area contributed by atoms with E-state index in [1.807, 2.05) is 0 Å². The molecule has 92 valence electrons. The van der Waals surface area contributed by atoms with E-state index < -0.39 is 0 Å². The van der Waals surface area contributed by atoms with Crippen LogP contribution >= 0.6 is 0 Å². The largest absolute Gasteiger partial charge is 0.169 e. The van der Waals surface area contributed by atoms with Gasteiger partial charge in [-0.05, 0) is 24.3 Å². The second kappa shape index (κ2) is 6.34. The minimum Gasteiger partial charge on any atom is -0.0849 e. The molecule has 0 radical (unpaired) electrons. The number of benzene rings is 2. The fraction of sp³-hybridized carbons (Fsp3) is 0.176. The highest BCUT2D eigenvalue weighted by molar-refractivity contribution is 6.70. The molecule has 0 bridgehead atoms. The van der Waals surface area contributed by atoms with Gasteiger partial charge in [0, 0.05) is 11.1 Å². The Balaban J connectivity index is 2.14. The van der Waals surface area contributed by atoms with Crippen LogP contribution in [0.1, 0.15) is 11.1 Å². The van der Waals surface area contributed by atoms with E-state index in [-0.39, 0.29) is 0 Å². The summed E-state index contributed by atoms with van der Waals surface area (Å²) in [4.78, 5) is 0. The van der Waals surface area contributed by atoms with Crippen LogP contribution in [-0.4, -0.2) is 14.0 Å². The molecular weight excluding hydrogens is 226 g/mol. The van der Waals surface area contributed by atoms with Gasteiger partial charge in [0.25, 0.3) is 0 Å². The van der Waals surface area contributed by atoms with Crippen molar-refractivity contribution in [3.63, 3.8) is 0 Å². The van der Waals surface area contributed by atoms with Crippen molar-refractivity contribution in [3.05, 3.63) is 59.7 Å². The molecule has 2 aromatic rings. The summed E-state index contributed by atoms with van der Waals surface area (Å²) in [7, 11) is 1.07. The van der Waals surface area contributed by atoms with Gasteiger partial charge < -0.3 is 0 Å². The lowest BCUT2D eigenvalue weighted by Crippen LogP contribution is -2.21. The van der Waals surface area contributed by atoms with Crippen LogP contribution in [0.3, 0.4) is 0 Å². The van der Waals surface area contributed by atoms with Gasteiger partial charge in [0.2, 0.25) is 0 Å². The van der Waals surface area contributed by atoms with E-state index in [4.69, 9.17) is 0 Å². The summed E-state index contributed by atoms with van der Waals surface area (Å²) in [6.45, 7) is 7.15. The lowest BCUT2D eigenvalue weighted by Gasteiger charge is -2.00. The fourth-order valence-electron chi connectivity index (χ4n) is 1.92. The molecule has 0 aliphatic rings. The van der Waals surface area contributed by atoms with Crippen molar-refractivity contribution in [1.29, 1.82) is 0 Å². The van der Waals surface area contributed by atoms with Crippen molar-refractivity contribution in [2.24, 2.45) is 0 Å². The van der Waals surface area contributed by atoms with Crippen molar-refractivity contribution in [2.75, 3.05) is 0 Å². The molecule has 0 aliphatic heterocycles. The van der Waals surface area contributed by atoms with Crippen LogP contribution in [0.2, 0.25) is 20.5 Å². The molecule has 0 nitrogen and oxygen atoms in total. The molecule has 0 saturated heterocycles. The Morgan fingerprint density at radius 3 is 1.68 bits per heavy atom. The zero-order valence-corrected chi connectivity index (χ0v) is 11.9. The van der Waals surface area contributed by atoms with E-state index in [1.165, 1.54) is 10.9 Å². The van der Waals surface area contributed by atoms with Crippen LogP contribution in [0.4, 0.5) is 0 Å². The second-order valence-corrected chi connectivity index (χ2v) is 5.08. The highest BCUT2D eigenvalue weighted by atomic mass is 13.9. The van der Waals surface area contributed by atoms with Crippen LogP contribution in [0.5, 0.6) is 0 Å². The lowest BCUT2D eigenvalue weighted by molar-refractivity contribution is 1.65. The zero-order chi connectivity index (χ0) is 13.7. The summed E-state index contributed by atoms with van der Waals surface area (Å²) >= 11 is 0. The predicted molar refractivity (Wildman–Crippen MR) is 88.6 cm³/mol. The Morgan fingerprint density at radius 2 is 1.26 bits per heavy atom. The average molecular weight is 244 g/mol. The SMILES string of the molecule is CBc1ccc(C#Cc2ccc(B(C)C)cc2)cc1. The van der Waals surface area contributed by atoms with Crippen molar-refractivity contribution >= 4 is 24.9 Å². The molecule has 0 heterocycles. The Morgan fingerprint density at radius 1 is 0.789 bits per heavy atom. The Kier molecular flexibility index (Phi) is 4.53. The standard InChI is InChI=1S/C17H18B2/c1-18-16-10-6-14(7-11-16)4-5-15-8-12-17(13-9-15)19(2)3/h6-13,18H,1-3H3. The minimum absolute atomic E-state index is 0.573. The molecule has 0 amide bonds. The maximum atomic E-state index is 3.21. The Labute approximate surface area is 117 Å². The molecule has 0 fully saturated rings. The molecule has 0 saturated carbocycles. The Hall–Kier alpha value is -1.87. The van der Waals surface area contributed by atoms with Gasteiger partial charge in [0.15, 0.2) is 14.0 Å². The molecule has 0 N–H and O–H groups in total. The summed E-state index contributed by atoms with van der Waals surface area (Å²) in [5.41, 5.74) is 4.86. The normalized spacial score (nSPS) is 9.42. The maximum Gasteiger partial charge on any atom is 0.169 e. The maximum absolute atomic E-state index is 3.21. The topological polar surface area (TPSA) is 0 Å². The highest BCUT2D eigenvalue weighted by Crippen LogP contribution is 1.99. The molecule has 0 atom stereocenters. The molecular formula is C17H18B2. The third-order valence-corrected chi connectivity index (χ3v) is 3.29. The predicted octanol–water partition coefficient (Wildman–Crippen LogP) is 2.16. The van der Waals surface area contributed by atoms with Gasteiger partial charge in [-0.1, -0.05) is 67.5 Å². The second-order valence-electron chi connectivity index (χ2n) is 5.08. The quantitative estimate of drug-likeness (QED) is 0.560. The molecule has 0 aromatic heterocycles. The van der Waals surface area contributed by atoms with Crippen molar-refractivity contribution in [3.8, 4) is 11.8 Å². The van der Waals surface area contributed by atoms with E-state index in [1.54, 1.807) is 0 Å². The monoisotopic (exact) mass is 244 g/mol. The molecule has 2 aromatic carbocycles. The first-order valence-electron chi connectivity index (χ1n) is 6.90. The van der Waals surface area contributed by atoms with Crippen LogP contribution in [0.25, 0.3) is 0 Å². The fourth-order valence-corrected chi connectivity index (χ4v) is 1.92. The number of rotatable bonds is 2. The lowest BCUT2D eigenvalue weighted by atomic mass is 9.49. The highest BCUT2D eigenvalue weighted by Gasteiger charge is 2.00. The van der Waals surface area contributed by atoms with Crippen LogP contribution < -0.4 is 10.9 Å². The van der Waals surface area contributed by atoms with Crippen molar-refractivity contribution in [1.82, 2.24) is 0 Å². The van der Waals surface area contributed by atoms with Gasteiger partial charge in [-0.15, -0.1) is 0 Å². The average Bonchev–Trinajstić information content (AvgIpc) is 2.46. The molecule has 19 heavy (non-hydrogen) atoms. The first-order valence-corrected chi connectivity index (χ1v) is 6.90. The van der Waals surface area contributed by atoms with Crippen molar-refractivity contribution in [2.45, 2.75) is 20.5 Å². The smallest absolute Gasteiger partial charge is 0.0849 e. The zero-order valence-electron chi connectivity index (χ0n) is 11.9. The molecule has 2 heteroatoms. The van der Waals surface area contributed by atoms with Gasteiger partial charge in [-0.2, -0.15) is 0 Å². The van der Waals surface area contributed by atoms with Crippen molar-refractivity contribution < 1.29 is 0 Å². The van der Waals surface area contributed by atoms with Gasteiger partial charge in [-0.25, -0.2) is 0 Å². The van der Waals surface area contributed by atoms with Crippen LogP contribution in [0, 0.1) is 11.8 Å². The number of hydrogen-bond donors (Lipinski definition) is 0. The summed E-state index contributed by atoms with van der Waals surface area (Å²) in [5.74, 6) is 6.43. The van der Waals surface area contributed by atoms with E-state index >= 15 is 0 Å².